The van der Waals surface area contributed by atoms with Crippen molar-refractivity contribution in [1.82, 2.24) is 4.90 Å². The second-order valence-electron chi connectivity index (χ2n) is 5.85. The average molecular weight is 290 g/mol. The van der Waals surface area contributed by atoms with Crippen LogP contribution in [0.3, 0.4) is 0 Å². The maximum atomic E-state index is 12.3. The van der Waals surface area contributed by atoms with Crippen LogP contribution in [0.25, 0.3) is 0 Å². The van der Waals surface area contributed by atoms with Gasteiger partial charge in [0.2, 0.25) is 0 Å². The van der Waals surface area contributed by atoms with Crippen molar-refractivity contribution in [3.63, 3.8) is 0 Å². The van der Waals surface area contributed by atoms with Gasteiger partial charge in [0, 0.05) is 18.8 Å². The van der Waals surface area contributed by atoms with Crippen molar-refractivity contribution in [3.05, 3.63) is 29.8 Å². The van der Waals surface area contributed by atoms with Crippen LogP contribution in [0, 0.1) is 5.92 Å². The minimum Gasteiger partial charge on any atom is -0.478 e. The van der Waals surface area contributed by atoms with Gasteiger partial charge in [-0.3, -0.25) is 0 Å². The number of carboxylic acid groups (broad SMARTS) is 1. The molecular formula is C16H22N2O3. The second-order valence-corrected chi connectivity index (χ2v) is 5.85. The third-order valence-electron chi connectivity index (χ3n) is 4.14. The molecule has 0 radical (unpaired) electrons. The Hall–Kier alpha value is -2.04. The molecule has 0 aliphatic heterocycles. The van der Waals surface area contributed by atoms with Gasteiger partial charge < -0.3 is 15.3 Å². The van der Waals surface area contributed by atoms with Crippen molar-refractivity contribution in [1.29, 1.82) is 0 Å². The molecule has 0 saturated heterocycles. The van der Waals surface area contributed by atoms with E-state index in [9.17, 15) is 9.59 Å². The first-order valence-electron chi connectivity index (χ1n) is 7.34. The maximum absolute atomic E-state index is 12.3. The van der Waals surface area contributed by atoms with E-state index in [4.69, 9.17) is 5.11 Å². The molecule has 2 atom stereocenters. The lowest BCUT2D eigenvalue weighted by molar-refractivity contribution is 0.0697. The molecule has 2 rings (SSSR count). The number of carboxylic acids is 1. The fraction of sp³-hybridized carbons (Fsp3) is 0.500. The Morgan fingerprint density at radius 2 is 2.10 bits per heavy atom. The zero-order valence-corrected chi connectivity index (χ0v) is 12.5. The predicted molar refractivity (Wildman–Crippen MR) is 81.6 cm³/mol. The Morgan fingerprint density at radius 3 is 2.76 bits per heavy atom. The van der Waals surface area contributed by atoms with Gasteiger partial charge in [-0.2, -0.15) is 0 Å². The van der Waals surface area contributed by atoms with Gasteiger partial charge >= 0.3 is 12.0 Å². The van der Waals surface area contributed by atoms with E-state index in [0.29, 0.717) is 11.6 Å². The highest BCUT2D eigenvalue weighted by Crippen LogP contribution is 2.27. The van der Waals surface area contributed by atoms with E-state index in [0.717, 1.165) is 19.3 Å². The zero-order valence-electron chi connectivity index (χ0n) is 12.5. The lowest BCUT2D eigenvalue weighted by Gasteiger charge is -2.34. The topological polar surface area (TPSA) is 69.6 Å². The van der Waals surface area contributed by atoms with Crippen LogP contribution < -0.4 is 5.32 Å². The minimum absolute atomic E-state index is 0.168. The smallest absolute Gasteiger partial charge is 0.335 e. The Bertz CT molecular complexity index is 530. The molecule has 1 fully saturated rings. The first-order chi connectivity index (χ1) is 9.97. The standard InChI is InChI=1S/C16H22N2O3/c1-11-5-3-8-14(9-11)18(2)16(21)17-13-7-4-6-12(10-13)15(19)20/h4,6-7,10-11,14H,3,5,8-9H2,1-2H3,(H,17,21)(H,19,20). The third kappa shape index (κ3) is 3.97. The van der Waals surface area contributed by atoms with Gasteiger partial charge in [0.25, 0.3) is 0 Å². The van der Waals surface area contributed by atoms with Crippen LogP contribution in [0.15, 0.2) is 24.3 Å². The molecule has 1 aromatic rings. The van der Waals surface area contributed by atoms with Gasteiger partial charge in [0.1, 0.15) is 0 Å². The number of nitrogens with zero attached hydrogens (tertiary/aromatic N) is 1. The highest BCUT2D eigenvalue weighted by atomic mass is 16.4. The number of nitrogens with one attached hydrogen (secondary N) is 1. The second kappa shape index (κ2) is 6.61. The SMILES string of the molecule is CC1CCCC(N(C)C(=O)Nc2cccc(C(=O)O)c2)C1. The number of amides is 2. The molecule has 1 aliphatic rings. The van der Waals surface area contributed by atoms with Gasteiger partial charge in [0.15, 0.2) is 0 Å². The van der Waals surface area contributed by atoms with Crippen LogP contribution in [0.2, 0.25) is 0 Å². The molecule has 0 heterocycles. The summed E-state index contributed by atoms with van der Waals surface area (Å²) in [6.07, 6.45) is 4.44. The summed E-state index contributed by atoms with van der Waals surface area (Å²) in [4.78, 5) is 24.9. The van der Waals surface area contributed by atoms with Crippen molar-refractivity contribution >= 4 is 17.7 Å². The van der Waals surface area contributed by atoms with Crippen molar-refractivity contribution in [2.24, 2.45) is 5.92 Å². The molecule has 21 heavy (non-hydrogen) atoms. The number of hydrogen-bond donors (Lipinski definition) is 2. The number of aromatic carboxylic acids is 1. The van der Waals surface area contributed by atoms with E-state index in [-0.39, 0.29) is 17.6 Å². The third-order valence-corrected chi connectivity index (χ3v) is 4.14. The van der Waals surface area contributed by atoms with E-state index < -0.39 is 5.97 Å². The van der Waals surface area contributed by atoms with Crippen LogP contribution in [-0.2, 0) is 0 Å². The molecule has 114 valence electrons. The lowest BCUT2D eigenvalue weighted by atomic mass is 9.86. The fourth-order valence-corrected chi connectivity index (χ4v) is 2.86. The van der Waals surface area contributed by atoms with Crippen LogP contribution in [0.4, 0.5) is 10.5 Å². The number of benzene rings is 1. The van der Waals surface area contributed by atoms with Gasteiger partial charge in [0.05, 0.1) is 5.56 Å². The summed E-state index contributed by atoms with van der Waals surface area (Å²) >= 11 is 0. The summed E-state index contributed by atoms with van der Waals surface area (Å²) in [6.45, 7) is 2.22. The Balaban J connectivity index is 2.00. The fourth-order valence-electron chi connectivity index (χ4n) is 2.86. The number of hydrogen-bond acceptors (Lipinski definition) is 2. The molecule has 2 unspecified atom stereocenters. The quantitative estimate of drug-likeness (QED) is 0.896. The molecular weight excluding hydrogens is 268 g/mol. The molecule has 1 aromatic carbocycles. The first kappa shape index (κ1) is 15.4. The lowest BCUT2D eigenvalue weighted by Crippen LogP contribution is -2.42. The van der Waals surface area contributed by atoms with Crippen molar-refractivity contribution in [3.8, 4) is 0 Å². The Labute approximate surface area is 125 Å². The highest BCUT2D eigenvalue weighted by Gasteiger charge is 2.25. The summed E-state index contributed by atoms with van der Waals surface area (Å²) in [5.74, 6) is -0.352. The van der Waals surface area contributed by atoms with Crippen LogP contribution >= 0.6 is 0 Å². The molecule has 2 N–H and O–H groups in total. The highest BCUT2D eigenvalue weighted by molar-refractivity contribution is 5.93. The summed E-state index contributed by atoms with van der Waals surface area (Å²) in [7, 11) is 1.80. The van der Waals surface area contributed by atoms with Gasteiger partial charge in [-0.05, 0) is 37.0 Å². The van der Waals surface area contributed by atoms with E-state index >= 15 is 0 Å². The number of anilines is 1. The maximum Gasteiger partial charge on any atom is 0.335 e. The largest absolute Gasteiger partial charge is 0.478 e. The van der Waals surface area contributed by atoms with E-state index in [1.807, 2.05) is 0 Å². The number of rotatable bonds is 3. The summed E-state index contributed by atoms with van der Waals surface area (Å²) in [5, 5.41) is 11.7. The number of carbonyl (C=O) groups excluding carboxylic acids is 1. The molecule has 1 aliphatic carbocycles. The Morgan fingerprint density at radius 1 is 1.33 bits per heavy atom. The van der Waals surface area contributed by atoms with Crippen LogP contribution in [0.1, 0.15) is 43.0 Å². The number of carbonyl (C=O) groups is 2. The average Bonchev–Trinajstić information content (AvgIpc) is 2.46. The van der Waals surface area contributed by atoms with Crippen LogP contribution in [-0.4, -0.2) is 35.1 Å². The first-order valence-corrected chi connectivity index (χ1v) is 7.34. The molecule has 1 saturated carbocycles. The molecule has 0 spiro atoms. The van der Waals surface area contributed by atoms with Gasteiger partial charge in [-0.15, -0.1) is 0 Å². The van der Waals surface area contributed by atoms with E-state index in [2.05, 4.69) is 12.2 Å². The molecule has 0 aromatic heterocycles. The zero-order chi connectivity index (χ0) is 15.4. The molecule has 0 bridgehead atoms. The van der Waals surface area contributed by atoms with Crippen molar-refractivity contribution in [2.75, 3.05) is 12.4 Å². The minimum atomic E-state index is -0.999. The summed E-state index contributed by atoms with van der Waals surface area (Å²) < 4.78 is 0. The van der Waals surface area contributed by atoms with Gasteiger partial charge in [-0.25, -0.2) is 9.59 Å². The number of urea groups is 1. The van der Waals surface area contributed by atoms with Crippen LogP contribution in [0.5, 0.6) is 0 Å². The van der Waals surface area contributed by atoms with E-state index in [1.165, 1.54) is 18.6 Å². The predicted octanol–water partition coefficient (Wildman–Crippen LogP) is 3.43. The summed E-state index contributed by atoms with van der Waals surface area (Å²) in [6, 6.07) is 6.37. The molecule has 2 amide bonds. The Kier molecular flexibility index (Phi) is 4.83. The summed E-state index contributed by atoms with van der Waals surface area (Å²) in [5.41, 5.74) is 0.678. The normalized spacial score (nSPS) is 21.6. The molecule has 5 nitrogen and oxygen atoms in total. The monoisotopic (exact) mass is 290 g/mol. The van der Waals surface area contributed by atoms with Crippen molar-refractivity contribution < 1.29 is 14.7 Å². The van der Waals surface area contributed by atoms with Crippen molar-refractivity contribution in [2.45, 2.75) is 38.6 Å². The van der Waals surface area contributed by atoms with E-state index in [1.54, 1.807) is 24.1 Å². The molecule has 5 heteroatoms. The van der Waals surface area contributed by atoms with Gasteiger partial charge in [-0.1, -0.05) is 25.8 Å².